The van der Waals surface area contributed by atoms with Gasteiger partial charge in [0.2, 0.25) is 5.82 Å². The van der Waals surface area contributed by atoms with Crippen molar-refractivity contribution in [2.45, 2.75) is 25.3 Å². The molecule has 0 bridgehead atoms. The molecule has 1 aliphatic rings. The van der Waals surface area contributed by atoms with Crippen LogP contribution in [0.1, 0.15) is 35.2 Å². The van der Waals surface area contributed by atoms with Gasteiger partial charge in [0.1, 0.15) is 5.82 Å². The number of amides is 1. The minimum atomic E-state index is -0.249. The van der Waals surface area contributed by atoms with Gasteiger partial charge in [0, 0.05) is 43.8 Å². The van der Waals surface area contributed by atoms with E-state index in [9.17, 15) is 4.79 Å². The Morgan fingerprint density at radius 3 is 3.00 bits per heavy atom. The number of hydrogen-bond donors (Lipinski definition) is 1. The molecule has 3 rings (SSSR count). The van der Waals surface area contributed by atoms with Gasteiger partial charge in [-0.15, -0.1) is 0 Å². The van der Waals surface area contributed by atoms with Crippen molar-refractivity contribution < 1.29 is 4.79 Å². The molecular weight excluding hydrogens is 322 g/mol. The second kappa shape index (κ2) is 5.70. The molecule has 20 heavy (non-hydrogen) atoms. The minimum Gasteiger partial charge on any atom is -0.349 e. The number of halogens is 1. The predicted molar refractivity (Wildman–Crippen MR) is 76.3 cm³/mol. The Morgan fingerprint density at radius 1 is 1.40 bits per heavy atom. The number of carbonyl (C=O) groups excluding carboxylic acids is 1. The van der Waals surface area contributed by atoms with Gasteiger partial charge in [-0.3, -0.25) is 4.79 Å². The highest BCUT2D eigenvalue weighted by Crippen LogP contribution is 2.24. The first kappa shape index (κ1) is 13.2. The number of aryl methyl sites for hydroxylation is 1. The zero-order chi connectivity index (χ0) is 13.9. The summed E-state index contributed by atoms with van der Waals surface area (Å²) < 4.78 is 2.90. The summed E-state index contributed by atoms with van der Waals surface area (Å²) in [4.78, 5) is 24.3. The fourth-order valence-electron chi connectivity index (χ4n) is 2.42. The molecule has 1 unspecified atom stereocenters. The Balaban J connectivity index is 1.63. The van der Waals surface area contributed by atoms with Gasteiger partial charge >= 0.3 is 0 Å². The van der Waals surface area contributed by atoms with Crippen LogP contribution in [0.3, 0.4) is 0 Å². The molecule has 2 aromatic rings. The highest BCUT2D eigenvalue weighted by atomic mass is 79.9. The minimum absolute atomic E-state index is 0.187. The maximum atomic E-state index is 12.0. The summed E-state index contributed by atoms with van der Waals surface area (Å²) in [6, 6.07) is 0. The van der Waals surface area contributed by atoms with Gasteiger partial charge in [0.15, 0.2) is 0 Å². The predicted octanol–water partition coefficient (Wildman–Crippen LogP) is 1.74. The molecule has 2 aromatic heterocycles. The molecular formula is C13H14BrN5O. The van der Waals surface area contributed by atoms with Crippen molar-refractivity contribution in [1.29, 1.82) is 0 Å². The van der Waals surface area contributed by atoms with E-state index in [1.807, 2.05) is 12.4 Å². The molecule has 7 heteroatoms. The van der Waals surface area contributed by atoms with Crippen LogP contribution >= 0.6 is 15.9 Å². The summed E-state index contributed by atoms with van der Waals surface area (Å²) in [5, 5.41) is 2.89. The molecule has 0 spiro atoms. The number of aromatic nitrogens is 4. The molecule has 1 aliphatic heterocycles. The monoisotopic (exact) mass is 335 g/mol. The summed E-state index contributed by atoms with van der Waals surface area (Å²) in [7, 11) is 0. The van der Waals surface area contributed by atoms with Crippen LogP contribution in [0.15, 0.2) is 29.3 Å². The van der Waals surface area contributed by atoms with Crippen molar-refractivity contribution in [1.82, 2.24) is 24.8 Å². The lowest BCUT2D eigenvalue weighted by molar-refractivity contribution is 0.0939. The largest absolute Gasteiger partial charge is 0.349 e. The molecule has 0 radical (unpaired) electrons. The molecule has 0 aromatic carbocycles. The third kappa shape index (κ3) is 2.72. The lowest BCUT2D eigenvalue weighted by Crippen LogP contribution is -2.32. The first-order valence-corrected chi connectivity index (χ1v) is 7.30. The normalized spacial score (nSPS) is 17.6. The van der Waals surface area contributed by atoms with Crippen molar-refractivity contribution in [2.24, 2.45) is 0 Å². The van der Waals surface area contributed by atoms with Crippen LogP contribution in [0.5, 0.6) is 0 Å². The standard InChI is InChI=1S/C13H14BrN5O/c14-10-7-16-11(17-8-10)13(20)18-6-9-2-1-4-19-5-3-15-12(9)19/h3,5,7-9H,1-2,4,6H2,(H,18,20). The number of carbonyl (C=O) groups is 1. The summed E-state index contributed by atoms with van der Waals surface area (Å²) in [6.45, 7) is 1.57. The van der Waals surface area contributed by atoms with Crippen LogP contribution in [0.2, 0.25) is 0 Å². The van der Waals surface area contributed by atoms with Crippen molar-refractivity contribution in [3.63, 3.8) is 0 Å². The smallest absolute Gasteiger partial charge is 0.289 e. The molecule has 1 N–H and O–H groups in total. The number of imidazole rings is 1. The van der Waals surface area contributed by atoms with Gasteiger partial charge in [-0.2, -0.15) is 0 Å². The van der Waals surface area contributed by atoms with Crippen LogP contribution < -0.4 is 5.32 Å². The number of nitrogens with zero attached hydrogens (tertiary/aromatic N) is 4. The number of hydrogen-bond acceptors (Lipinski definition) is 4. The van der Waals surface area contributed by atoms with Gasteiger partial charge in [-0.25, -0.2) is 15.0 Å². The maximum Gasteiger partial charge on any atom is 0.289 e. The first-order chi connectivity index (χ1) is 9.74. The summed E-state index contributed by atoms with van der Waals surface area (Å²) >= 11 is 3.24. The average Bonchev–Trinajstić information content (AvgIpc) is 2.94. The molecule has 0 aliphatic carbocycles. The summed E-state index contributed by atoms with van der Waals surface area (Å²) in [5.74, 6) is 1.25. The SMILES string of the molecule is O=C(NCC1CCCn2ccnc21)c1ncc(Br)cn1. The Kier molecular flexibility index (Phi) is 3.77. The molecule has 0 saturated carbocycles. The Morgan fingerprint density at radius 2 is 2.20 bits per heavy atom. The van der Waals surface area contributed by atoms with E-state index in [1.165, 1.54) is 0 Å². The zero-order valence-corrected chi connectivity index (χ0v) is 12.4. The van der Waals surface area contributed by atoms with Crippen molar-refractivity contribution >= 4 is 21.8 Å². The van der Waals surface area contributed by atoms with Gasteiger partial charge in [-0.1, -0.05) is 0 Å². The van der Waals surface area contributed by atoms with Crippen LogP contribution in [0.4, 0.5) is 0 Å². The quantitative estimate of drug-likeness (QED) is 0.927. The number of fused-ring (bicyclic) bond motifs is 1. The van der Waals surface area contributed by atoms with E-state index in [0.29, 0.717) is 6.54 Å². The van der Waals surface area contributed by atoms with Crippen molar-refractivity contribution in [2.75, 3.05) is 6.54 Å². The van der Waals surface area contributed by atoms with E-state index >= 15 is 0 Å². The fourth-order valence-corrected chi connectivity index (χ4v) is 2.63. The molecule has 104 valence electrons. The van der Waals surface area contributed by atoms with Crippen LogP contribution in [0.25, 0.3) is 0 Å². The lowest BCUT2D eigenvalue weighted by Gasteiger charge is -2.23. The van der Waals surface area contributed by atoms with E-state index in [2.05, 4.69) is 40.8 Å². The Labute approximate surface area is 124 Å². The van der Waals surface area contributed by atoms with Crippen molar-refractivity contribution in [3.8, 4) is 0 Å². The Bertz CT molecular complexity index is 609. The lowest BCUT2D eigenvalue weighted by atomic mass is 9.99. The fraction of sp³-hybridized carbons (Fsp3) is 0.385. The zero-order valence-electron chi connectivity index (χ0n) is 10.8. The first-order valence-electron chi connectivity index (χ1n) is 6.51. The van der Waals surface area contributed by atoms with Gasteiger partial charge < -0.3 is 9.88 Å². The van der Waals surface area contributed by atoms with Gasteiger partial charge in [0.05, 0.1) is 4.47 Å². The third-order valence-corrected chi connectivity index (χ3v) is 3.81. The number of rotatable bonds is 3. The molecule has 1 atom stereocenters. The average molecular weight is 336 g/mol. The van der Waals surface area contributed by atoms with Crippen molar-refractivity contribution in [3.05, 3.63) is 40.9 Å². The molecule has 0 saturated heterocycles. The third-order valence-electron chi connectivity index (χ3n) is 3.40. The molecule has 1 amide bonds. The highest BCUT2D eigenvalue weighted by molar-refractivity contribution is 9.10. The summed E-state index contributed by atoms with van der Waals surface area (Å²) in [6.07, 6.45) is 9.08. The second-order valence-electron chi connectivity index (χ2n) is 4.75. The maximum absolute atomic E-state index is 12.0. The van der Waals surface area contributed by atoms with Gasteiger partial charge in [0.25, 0.3) is 5.91 Å². The Hall–Kier alpha value is -1.76. The van der Waals surface area contributed by atoms with Crippen LogP contribution in [-0.2, 0) is 6.54 Å². The molecule has 0 fully saturated rings. The van der Waals surface area contributed by atoms with Gasteiger partial charge in [-0.05, 0) is 28.8 Å². The highest BCUT2D eigenvalue weighted by Gasteiger charge is 2.22. The van der Waals surface area contributed by atoms with Crippen LogP contribution in [0, 0.1) is 0 Å². The second-order valence-corrected chi connectivity index (χ2v) is 5.67. The molecule has 3 heterocycles. The number of nitrogens with one attached hydrogen (secondary N) is 1. The van der Waals surface area contributed by atoms with E-state index in [1.54, 1.807) is 12.4 Å². The van der Waals surface area contributed by atoms with Crippen LogP contribution in [-0.4, -0.2) is 32.0 Å². The van der Waals surface area contributed by atoms with E-state index < -0.39 is 0 Å². The van der Waals surface area contributed by atoms with E-state index in [-0.39, 0.29) is 17.6 Å². The molecule has 6 nitrogen and oxygen atoms in total. The van der Waals surface area contributed by atoms with E-state index in [0.717, 1.165) is 29.7 Å². The summed E-state index contributed by atoms with van der Waals surface area (Å²) in [5.41, 5.74) is 0. The topological polar surface area (TPSA) is 72.7 Å². The van der Waals surface area contributed by atoms with E-state index in [4.69, 9.17) is 0 Å².